The number of fused-ring (bicyclic) bond motifs is 1. The largest absolute Gasteiger partial charge is 0.329 e. The van der Waals surface area contributed by atoms with Crippen LogP contribution in [-0.2, 0) is 0 Å². The molecule has 3 aromatic rings. The van der Waals surface area contributed by atoms with E-state index in [2.05, 4.69) is 15.1 Å². The van der Waals surface area contributed by atoms with E-state index < -0.39 is 0 Å². The number of nitrogens with one attached hydrogen (secondary N) is 1. The van der Waals surface area contributed by atoms with Gasteiger partial charge in [0.15, 0.2) is 5.65 Å². The average Bonchev–Trinajstić information content (AvgIpc) is 3.25. The molecule has 0 aromatic carbocycles. The number of carbonyl (C=O) groups is 1. The molecular formula is C15H15N5O2S. The van der Waals surface area contributed by atoms with Gasteiger partial charge in [0.25, 0.3) is 11.5 Å². The Morgan fingerprint density at radius 1 is 1.39 bits per heavy atom. The Labute approximate surface area is 135 Å². The Morgan fingerprint density at radius 3 is 3.13 bits per heavy atom. The third-order valence-corrected chi connectivity index (χ3v) is 4.74. The molecule has 1 aliphatic heterocycles. The molecule has 1 unspecified atom stereocenters. The SMILES string of the molecule is O=C(c1cscn1)N1CCCCC1c1cc(=O)n2[nH]ccc2n1. The van der Waals surface area contributed by atoms with E-state index in [1.54, 1.807) is 28.1 Å². The molecule has 0 saturated carbocycles. The third kappa shape index (κ3) is 2.44. The highest BCUT2D eigenvalue weighted by atomic mass is 32.1. The van der Waals surface area contributed by atoms with Crippen LogP contribution in [0.5, 0.6) is 0 Å². The first kappa shape index (κ1) is 14.1. The Bertz CT molecular complexity index is 898. The molecule has 1 atom stereocenters. The zero-order valence-corrected chi connectivity index (χ0v) is 13.1. The van der Waals surface area contributed by atoms with Crippen LogP contribution in [0.2, 0.25) is 0 Å². The predicted octanol–water partition coefficient (Wildman–Crippen LogP) is 1.85. The van der Waals surface area contributed by atoms with E-state index in [0.29, 0.717) is 23.6 Å². The molecule has 1 amide bonds. The number of thiazole rings is 1. The fourth-order valence-corrected chi connectivity index (χ4v) is 3.59. The lowest BCUT2D eigenvalue weighted by atomic mass is 9.98. The Hall–Kier alpha value is -2.48. The standard InChI is InChI=1S/C15H15N5O2S/c21-14-7-10(18-13-4-5-17-20(13)14)12-3-1-2-6-19(12)15(22)11-8-23-9-16-11/h4-5,7-9,12,17H,1-3,6H2. The summed E-state index contributed by atoms with van der Waals surface area (Å²) >= 11 is 1.40. The van der Waals surface area contributed by atoms with Gasteiger partial charge in [-0.25, -0.2) is 14.5 Å². The van der Waals surface area contributed by atoms with Crippen molar-refractivity contribution >= 4 is 22.9 Å². The van der Waals surface area contributed by atoms with Gasteiger partial charge in [0.05, 0.1) is 17.2 Å². The summed E-state index contributed by atoms with van der Waals surface area (Å²) < 4.78 is 1.39. The molecule has 1 fully saturated rings. The minimum atomic E-state index is -0.175. The predicted molar refractivity (Wildman–Crippen MR) is 85.6 cm³/mol. The van der Waals surface area contributed by atoms with Gasteiger partial charge in [-0.1, -0.05) is 0 Å². The van der Waals surface area contributed by atoms with E-state index in [4.69, 9.17) is 0 Å². The normalized spacial score (nSPS) is 18.4. The Morgan fingerprint density at radius 2 is 2.30 bits per heavy atom. The van der Waals surface area contributed by atoms with Crippen LogP contribution < -0.4 is 5.56 Å². The van der Waals surface area contributed by atoms with Crippen molar-refractivity contribution in [1.82, 2.24) is 24.5 Å². The summed E-state index contributed by atoms with van der Waals surface area (Å²) in [5, 5.41) is 4.58. The second-order valence-corrected chi connectivity index (χ2v) is 6.28. The maximum absolute atomic E-state index is 12.7. The average molecular weight is 329 g/mol. The van der Waals surface area contributed by atoms with Crippen molar-refractivity contribution in [3.8, 4) is 0 Å². The van der Waals surface area contributed by atoms with Crippen molar-refractivity contribution in [1.29, 1.82) is 0 Å². The molecule has 0 bridgehead atoms. The summed E-state index contributed by atoms with van der Waals surface area (Å²) in [6.45, 7) is 0.662. The lowest BCUT2D eigenvalue weighted by molar-refractivity contribution is 0.0600. The summed E-state index contributed by atoms with van der Waals surface area (Å²) in [7, 11) is 0. The summed E-state index contributed by atoms with van der Waals surface area (Å²) in [4.78, 5) is 35.3. The van der Waals surface area contributed by atoms with Crippen LogP contribution in [-0.4, -0.2) is 36.9 Å². The molecule has 4 heterocycles. The van der Waals surface area contributed by atoms with Gasteiger partial charge < -0.3 is 4.90 Å². The van der Waals surface area contributed by atoms with Crippen molar-refractivity contribution in [2.24, 2.45) is 0 Å². The van der Waals surface area contributed by atoms with Crippen LogP contribution in [0.4, 0.5) is 0 Å². The number of amides is 1. The van der Waals surface area contributed by atoms with Gasteiger partial charge in [0.1, 0.15) is 5.69 Å². The van der Waals surface area contributed by atoms with Crippen LogP contribution in [0.3, 0.4) is 0 Å². The van der Waals surface area contributed by atoms with Crippen LogP contribution >= 0.6 is 11.3 Å². The highest BCUT2D eigenvalue weighted by Crippen LogP contribution is 2.30. The first-order valence-electron chi connectivity index (χ1n) is 7.50. The topological polar surface area (TPSA) is 83.4 Å². The molecule has 1 aliphatic rings. The van der Waals surface area contributed by atoms with Crippen LogP contribution in [0, 0.1) is 0 Å². The molecule has 0 spiro atoms. The monoisotopic (exact) mass is 329 g/mol. The number of likely N-dealkylation sites (tertiary alicyclic amines) is 1. The second-order valence-electron chi connectivity index (χ2n) is 5.56. The van der Waals surface area contributed by atoms with Crippen molar-refractivity contribution in [3.05, 3.63) is 51.0 Å². The van der Waals surface area contributed by atoms with Crippen molar-refractivity contribution in [2.45, 2.75) is 25.3 Å². The molecule has 8 heteroatoms. The molecule has 118 valence electrons. The first-order chi connectivity index (χ1) is 11.2. The zero-order valence-electron chi connectivity index (χ0n) is 12.3. The van der Waals surface area contributed by atoms with Gasteiger partial charge in [0.2, 0.25) is 0 Å². The van der Waals surface area contributed by atoms with E-state index in [9.17, 15) is 9.59 Å². The third-order valence-electron chi connectivity index (χ3n) is 4.16. The molecule has 0 radical (unpaired) electrons. The number of H-pyrrole nitrogens is 1. The van der Waals surface area contributed by atoms with Crippen LogP contribution in [0.1, 0.15) is 41.5 Å². The number of aromatic nitrogens is 4. The quantitative estimate of drug-likeness (QED) is 0.778. The van der Waals surface area contributed by atoms with Gasteiger partial charge in [0, 0.05) is 30.3 Å². The van der Waals surface area contributed by atoms with E-state index in [1.807, 2.05) is 0 Å². The lowest BCUT2D eigenvalue weighted by Crippen LogP contribution is -2.39. The molecular weight excluding hydrogens is 314 g/mol. The summed E-state index contributed by atoms with van der Waals surface area (Å²) in [6.07, 6.45) is 4.45. The maximum Gasteiger partial charge on any atom is 0.273 e. The van der Waals surface area contributed by atoms with E-state index >= 15 is 0 Å². The van der Waals surface area contributed by atoms with E-state index in [-0.39, 0.29) is 17.5 Å². The molecule has 23 heavy (non-hydrogen) atoms. The summed E-state index contributed by atoms with van der Waals surface area (Å²) in [5.74, 6) is -0.0907. The summed E-state index contributed by atoms with van der Waals surface area (Å²) in [6, 6.07) is 3.09. The van der Waals surface area contributed by atoms with Gasteiger partial charge in [-0.05, 0) is 19.3 Å². The highest BCUT2D eigenvalue weighted by Gasteiger charge is 2.31. The maximum atomic E-state index is 12.7. The van der Waals surface area contributed by atoms with Crippen molar-refractivity contribution in [3.63, 3.8) is 0 Å². The molecule has 3 aromatic heterocycles. The fourth-order valence-electron chi connectivity index (χ4n) is 3.06. The number of carbonyl (C=O) groups excluding carboxylic acids is 1. The number of aromatic amines is 1. The summed E-state index contributed by atoms with van der Waals surface area (Å²) in [5.41, 5.74) is 3.17. The molecule has 1 saturated heterocycles. The van der Waals surface area contributed by atoms with Gasteiger partial charge >= 0.3 is 0 Å². The Balaban J connectivity index is 1.74. The van der Waals surface area contributed by atoms with Gasteiger partial charge in [-0.15, -0.1) is 11.3 Å². The van der Waals surface area contributed by atoms with Crippen molar-refractivity contribution < 1.29 is 4.79 Å². The van der Waals surface area contributed by atoms with Gasteiger partial charge in [-0.3, -0.25) is 14.7 Å². The van der Waals surface area contributed by atoms with Crippen LogP contribution in [0.15, 0.2) is 34.0 Å². The second kappa shape index (κ2) is 5.62. The first-order valence-corrected chi connectivity index (χ1v) is 8.44. The number of piperidine rings is 1. The minimum absolute atomic E-state index is 0.0907. The lowest BCUT2D eigenvalue weighted by Gasteiger charge is -2.34. The molecule has 0 aliphatic carbocycles. The molecule has 4 rings (SSSR count). The number of nitrogens with zero attached hydrogens (tertiary/aromatic N) is 4. The smallest absolute Gasteiger partial charge is 0.273 e. The fraction of sp³-hybridized carbons (Fsp3) is 0.333. The number of rotatable bonds is 2. The highest BCUT2D eigenvalue weighted by molar-refractivity contribution is 7.07. The number of hydrogen-bond acceptors (Lipinski definition) is 5. The Kier molecular flexibility index (Phi) is 3.45. The minimum Gasteiger partial charge on any atom is -0.329 e. The van der Waals surface area contributed by atoms with E-state index in [0.717, 1.165) is 19.3 Å². The molecule has 1 N–H and O–H groups in total. The molecule has 7 nitrogen and oxygen atoms in total. The number of hydrogen-bond donors (Lipinski definition) is 1. The van der Waals surface area contributed by atoms with Crippen LogP contribution in [0.25, 0.3) is 5.65 Å². The van der Waals surface area contributed by atoms with Gasteiger partial charge in [-0.2, -0.15) is 0 Å². The van der Waals surface area contributed by atoms with Crippen molar-refractivity contribution in [2.75, 3.05) is 6.54 Å². The zero-order chi connectivity index (χ0) is 15.8. The van der Waals surface area contributed by atoms with E-state index in [1.165, 1.54) is 21.9 Å².